The number of oxazole rings is 1. The average molecular weight is 399 g/mol. The SMILES string of the molecule is Nc1cc2oc(=O)[nH]c2cc1Nc1ccc(Br)cc1Br. The smallest absolute Gasteiger partial charge is 0.408 e. The van der Waals surface area contributed by atoms with Gasteiger partial charge in [0.2, 0.25) is 0 Å². The number of rotatable bonds is 2. The van der Waals surface area contributed by atoms with Crippen LogP contribution in [0, 0.1) is 0 Å². The molecule has 20 heavy (non-hydrogen) atoms. The summed E-state index contributed by atoms with van der Waals surface area (Å²) in [6.45, 7) is 0. The summed E-state index contributed by atoms with van der Waals surface area (Å²) in [5.41, 5.74) is 9.05. The van der Waals surface area contributed by atoms with Crippen molar-refractivity contribution in [2.45, 2.75) is 0 Å². The number of aromatic amines is 1. The molecule has 0 aliphatic carbocycles. The summed E-state index contributed by atoms with van der Waals surface area (Å²) in [6.07, 6.45) is 0. The fraction of sp³-hybridized carbons (Fsp3) is 0. The molecule has 2 aromatic carbocycles. The highest BCUT2D eigenvalue weighted by Crippen LogP contribution is 2.32. The van der Waals surface area contributed by atoms with Crippen molar-refractivity contribution in [1.82, 2.24) is 4.98 Å². The molecule has 5 nitrogen and oxygen atoms in total. The van der Waals surface area contributed by atoms with Crippen LogP contribution >= 0.6 is 31.9 Å². The van der Waals surface area contributed by atoms with E-state index in [1.54, 1.807) is 12.1 Å². The van der Waals surface area contributed by atoms with E-state index in [2.05, 4.69) is 42.2 Å². The Hall–Kier alpha value is -1.73. The predicted molar refractivity (Wildman–Crippen MR) is 86.4 cm³/mol. The van der Waals surface area contributed by atoms with Crippen molar-refractivity contribution in [3.63, 3.8) is 0 Å². The third kappa shape index (κ3) is 2.46. The minimum Gasteiger partial charge on any atom is -0.408 e. The van der Waals surface area contributed by atoms with Gasteiger partial charge in [0.15, 0.2) is 5.58 Å². The Kier molecular flexibility index (Phi) is 3.31. The Morgan fingerprint density at radius 1 is 1.15 bits per heavy atom. The van der Waals surface area contributed by atoms with Crippen LogP contribution in [0.5, 0.6) is 0 Å². The predicted octanol–water partition coefficient (Wildman–Crippen LogP) is 3.97. The van der Waals surface area contributed by atoms with E-state index in [1.165, 1.54) is 0 Å². The molecule has 0 atom stereocenters. The van der Waals surface area contributed by atoms with Gasteiger partial charge in [-0.3, -0.25) is 4.98 Å². The van der Waals surface area contributed by atoms with Crippen molar-refractivity contribution in [2.75, 3.05) is 11.1 Å². The number of aromatic nitrogens is 1. The number of hydrogen-bond donors (Lipinski definition) is 3. The second-order valence-corrected chi connectivity index (χ2v) is 5.97. The molecule has 0 saturated heterocycles. The molecule has 1 aromatic heterocycles. The number of nitrogens with one attached hydrogen (secondary N) is 2. The maximum atomic E-state index is 11.2. The summed E-state index contributed by atoms with van der Waals surface area (Å²) in [5.74, 6) is -0.499. The van der Waals surface area contributed by atoms with Gasteiger partial charge in [0.25, 0.3) is 0 Å². The monoisotopic (exact) mass is 397 g/mol. The zero-order valence-electron chi connectivity index (χ0n) is 10.0. The molecule has 0 unspecified atom stereocenters. The maximum Gasteiger partial charge on any atom is 0.417 e. The molecule has 102 valence electrons. The van der Waals surface area contributed by atoms with Crippen LogP contribution in [0.2, 0.25) is 0 Å². The van der Waals surface area contributed by atoms with Crippen molar-refractivity contribution >= 4 is 60.0 Å². The van der Waals surface area contributed by atoms with Crippen LogP contribution in [0.4, 0.5) is 17.1 Å². The third-order valence-corrected chi connectivity index (χ3v) is 3.94. The van der Waals surface area contributed by atoms with Gasteiger partial charge in [-0.25, -0.2) is 4.79 Å². The second-order valence-electron chi connectivity index (χ2n) is 4.20. The molecule has 0 aliphatic heterocycles. The van der Waals surface area contributed by atoms with Crippen LogP contribution in [-0.2, 0) is 0 Å². The van der Waals surface area contributed by atoms with Gasteiger partial charge in [-0.05, 0) is 40.2 Å². The van der Waals surface area contributed by atoms with E-state index in [9.17, 15) is 4.79 Å². The number of nitrogen functional groups attached to an aromatic ring is 1. The molecule has 3 rings (SSSR count). The van der Waals surface area contributed by atoms with Crippen molar-refractivity contribution in [3.05, 3.63) is 49.8 Å². The van der Waals surface area contributed by atoms with E-state index < -0.39 is 5.76 Å². The molecule has 0 radical (unpaired) electrons. The first-order valence-electron chi connectivity index (χ1n) is 5.67. The average Bonchev–Trinajstić information content (AvgIpc) is 2.72. The largest absolute Gasteiger partial charge is 0.417 e. The lowest BCUT2D eigenvalue weighted by molar-refractivity contribution is 0.555. The van der Waals surface area contributed by atoms with E-state index in [1.807, 2.05) is 18.2 Å². The number of fused-ring (bicyclic) bond motifs is 1. The van der Waals surface area contributed by atoms with E-state index in [0.717, 1.165) is 14.6 Å². The molecule has 0 bridgehead atoms. The highest BCUT2D eigenvalue weighted by Gasteiger charge is 2.08. The topological polar surface area (TPSA) is 84.0 Å². The van der Waals surface area contributed by atoms with E-state index in [4.69, 9.17) is 10.2 Å². The number of nitrogens with two attached hydrogens (primary N) is 1. The Morgan fingerprint density at radius 3 is 2.70 bits per heavy atom. The minimum absolute atomic E-state index is 0.438. The Morgan fingerprint density at radius 2 is 1.95 bits per heavy atom. The molecule has 7 heteroatoms. The minimum atomic E-state index is -0.499. The third-order valence-electron chi connectivity index (χ3n) is 2.79. The quantitative estimate of drug-likeness (QED) is 0.570. The fourth-order valence-electron chi connectivity index (χ4n) is 1.86. The summed E-state index contributed by atoms with van der Waals surface area (Å²) in [5, 5.41) is 3.21. The van der Waals surface area contributed by atoms with Crippen LogP contribution in [0.25, 0.3) is 11.1 Å². The molecule has 3 aromatic rings. The van der Waals surface area contributed by atoms with Crippen LogP contribution in [0.3, 0.4) is 0 Å². The van der Waals surface area contributed by atoms with E-state index in [-0.39, 0.29) is 0 Å². The molecule has 0 amide bonds. The molecule has 4 N–H and O–H groups in total. The van der Waals surface area contributed by atoms with Gasteiger partial charge in [-0.15, -0.1) is 0 Å². The van der Waals surface area contributed by atoms with Crippen LogP contribution in [0.15, 0.2) is 48.5 Å². The van der Waals surface area contributed by atoms with Gasteiger partial charge in [0, 0.05) is 15.0 Å². The standard InChI is InChI=1S/C13H9Br2N3O2/c14-6-1-2-9(7(15)3-6)17-10-5-11-12(4-8(10)16)20-13(19)18-11/h1-5,17H,16H2,(H,18,19). The summed E-state index contributed by atoms with van der Waals surface area (Å²) in [6, 6.07) is 9.11. The molecule has 0 aliphatic rings. The molecule has 0 spiro atoms. The first-order chi connectivity index (χ1) is 9.52. The summed E-state index contributed by atoms with van der Waals surface area (Å²) < 4.78 is 6.82. The van der Waals surface area contributed by atoms with Crippen LogP contribution in [-0.4, -0.2) is 4.98 Å². The number of hydrogen-bond acceptors (Lipinski definition) is 4. The summed E-state index contributed by atoms with van der Waals surface area (Å²) in [4.78, 5) is 13.8. The van der Waals surface area contributed by atoms with Crippen LogP contribution < -0.4 is 16.8 Å². The highest BCUT2D eigenvalue weighted by atomic mass is 79.9. The van der Waals surface area contributed by atoms with Gasteiger partial charge >= 0.3 is 5.76 Å². The maximum absolute atomic E-state index is 11.2. The van der Waals surface area contributed by atoms with Crippen molar-refractivity contribution in [3.8, 4) is 0 Å². The molecular formula is C13H9Br2N3O2. The first-order valence-corrected chi connectivity index (χ1v) is 7.26. The molecule has 0 saturated carbocycles. The number of anilines is 3. The van der Waals surface area contributed by atoms with Crippen molar-refractivity contribution in [1.29, 1.82) is 0 Å². The Balaban J connectivity index is 2.05. The van der Waals surface area contributed by atoms with Gasteiger partial charge in [-0.2, -0.15) is 0 Å². The van der Waals surface area contributed by atoms with Gasteiger partial charge in [0.1, 0.15) is 0 Å². The summed E-state index contributed by atoms with van der Waals surface area (Å²) >= 11 is 6.87. The number of halogens is 2. The lowest BCUT2D eigenvalue weighted by atomic mass is 10.2. The van der Waals surface area contributed by atoms with E-state index in [0.29, 0.717) is 22.5 Å². The molecule has 0 fully saturated rings. The summed E-state index contributed by atoms with van der Waals surface area (Å²) in [7, 11) is 0. The van der Waals surface area contributed by atoms with Gasteiger partial charge in [-0.1, -0.05) is 15.9 Å². The van der Waals surface area contributed by atoms with Gasteiger partial charge < -0.3 is 15.5 Å². The highest BCUT2D eigenvalue weighted by molar-refractivity contribution is 9.11. The number of benzene rings is 2. The van der Waals surface area contributed by atoms with Crippen molar-refractivity contribution in [2.24, 2.45) is 0 Å². The second kappa shape index (κ2) is 4.99. The first kappa shape index (κ1) is 13.3. The van der Waals surface area contributed by atoms with E-state index >= 15 is 0 Å². The zero-order valence-corrected chi connectivity index (χ0v) is 13.2. The lowest BCUT2D eigenvalue weighted by Crippen LogP contribution is -1.97. The number of H-pyrrole nitrogens is 1. The Bertz CT molecular complexity index is 854. The van der Waals surface area contributed by atoms with Crippen LogP contribution in [0.1, 0.15) is 0 Å². The molecule has 1 heterocycles. The lowest BCUT2D eigenvalue weighted by Gasteiger charge is -2.11. The Labute approximate surface area is 130 Å². The van der Waals surface area contributed by atoms with Crippen molar-refractivity contribution < 1.29 is 4.42 Å². The molecular weight excluding hydrogens is 390 g/mol. The normalized spacial score (nSPS) is 10.9. The fourth-order valence-corrected chi connectivity index (χ4v) is 3.00. The zero-order chi connectivity index (χ0) is 14.3. The van der Waals surface area contributed by atoms with Gasteiger partial charge in [0.05, 0.1) is 22.6 Å².